The Kier molecular flexibility index (Phi) is 3.19. The summed E-state index contributed by atoms with van der Waals surface area (Å²) >= 11 is 3.72. The zero-order valence-electron chi connectivity index (χ0n) is 15.9. The average molecular weight is 448 g/mol. The predicted octanol–water partition coefficient (Wildman–Crippen LogP) is 5.52. The number of hydrogen-bond acceptors (Lipinski definition) is 3. The smallest absolute Gasteiger partial charge is 0.0996 e. The van der Waals surface area contributed by atoms with Gasteiger partial charge in [-0.05, 0) is 46.9 Å². The van der Waals surface area contributed by atoms with E-state index >= 15 is 0 Å². The molecule has 3 nitrogen and oxygen atoms in total. The zero-order valence-corrected chi connectivity index (χ0v) is 17.4. The van der Waals surface area contributed by atoms with E-state index in [9.17, 15) is 0 Å². The maximum absolute atomic E-state index is 5.24. The van der Waals surface area contributed by atoms with E-state index in [1.807, 2.05) is 18.2 Å². The molecule has 0 spiro atoms. The zero-order chi connectivity index (χ0) is 19.8. The van der Waals surface area contributed by atoms with Gasteiger partial charge in [-0.1, -0.05) is 64.5 Å². The van der Waals surface area contributed by atoms with Crippen LogP contribution in [0.3, 0.4) is 0 Å². The van der Waals surface area contributed by atoms with Crippen LogP contribution in [0.15, 0.2) is 76.2 Å². The molecule has 1 aliphatic carbocycles. The van der Waals surface area contributed by atoms with Gasteiger partial charge in [0.25, 0.3) is 0 Å². The van der Waals surface area contributed by atoms with E-state index in [1.54, 1.807) is 0 Å². The molecule has 4 heteroatoms. The fourth-order valence-corrected chi connectivity index (χ4v) is 5.35. The minimum atomic E-state index is 0.877. The first-order chi connectivity index (χ1) is 14.8. The number of benzene rings is 4. The normalized spacial score (nSPS) is 13.8. The van der Waals surface area contributed by atoms with E-state index in [0.29, 0.717) is 0 Å². The molecule has 0 atom stereocenters. The summed E-state index contributed by atoms with van der Waals surface area (Å²) in [5.41, 5.74) is 8.19. The number of rotatable bonds is 0. The van der Waals surface area contributed by atoms with Crippen LogP contribution in [0.2, 0.25) is 0 Å². The molecule has 0 saturated carbocycles. The summed E-state index contributed by atoms with van der Waals surface area (Å²) < 4.78 is 1.03. The molecule has 0 amide bonds. The van der Waals surface area contributed by atoms with Crippen LogP contribution >= 0.6 is 15.9 Å². The summed E-state index contributed by atoms with van der Waals surface area (Å²) in [5, 5.41) is 4.60. The van der Waals surface area contributed by atoms with Crippen molar-refractivity contribution >= 4 is 60.5 Å². The molecular weight excluding hydrogens is 434 g/mol. The van der Waals surface area contributed by atoms with Crippen molar-refractivity contribution in [1.29, 1.82) is 0 Å². The Labute approximate surface area is 180 Å². The highest BCUT2D eigenvalue weighted by Crippen LogP contribution is 2.41. The second kappa shape index (κ2) is 5.83. The highest BCUT2D eigenvalue weighted by atomic mass is 79.9. The van der Waals surface area contributed by atoms with Crippen molar-refractivity contribution < 1.29 is 0 Å². The van der Waals surface area contributed by atoms with Gasteiger partial charge in [0.2, 0.25) is 0 Å². The number of nitrogens with zero attached hydrogens (tertiary/aromatic N) is 3. The number of allylic oxidation sites excluding steroid dienone is 2. The average Bonchev–Trinajstić information content (AvgIpc) is 3.19. The first kappa shape index (κ1) is 16.4. The van der Waals surface area contributed by atoms with E-state index in [1.165, 1.54) is 16.2 Å². The molecule has 0 N–H and O–H groups in total. The number of aromatic nitrogens is 2. The molecule has 0 radical (unpaired) electrons. The third-order valence-electron chi connectivity index (χ3n) is 6.10. The van der Waals surface area contributed by atoms with Crippen LogP contribution in [0.5, 0.6) is 0 Å². The highest BCUT2D eigenvalue weighted by Gasteiger charge is 2.22. The summed E-state index contributed by atoms with van der Waals surface area (Å²) in [5.74, 6) is 0. The van der Waals surface area contributed by atoms with Crippen LogP contribution in [0.4, 0.5) is 5.69 Å². The van der Waals surface area contributed by atoms with Gasteiger partial charge >= 0.3 is 0 Å². The predicted molar refractivity (Wildman–Crippen MR) is 125 cm³/mol. The third kappa shape index (κ3) is 2.06. The molecule has 0 fully saturated rings. The Hall–Kier alpha value is -3.37. The summed E-state index contributed by atoms with van der Waals surface area (Å²) in [6.45, 7) is 0. The molecular formula is C26H14BrN3. The van der Waals surface area contributed by atoms with Gasteiger partial charge in [0.1, 0.15) is 0 Å². The van der Waals surface area contributed by atoms with E-state index < -0.39 is 0 Å². The van der Waals surface area contributed by atoms with Crippen molar-refractivity contribution in [2.45, 2.75) is 6.42 Å². The quantitative estimate of drug-likeness (QED) is 0.227. The Morgan fingerprint density at radius 3 is 2.60 bits per heavy atom. The van der Waals surface area contributed by atoms with Crippen LogP contribution in [-0.4, -0.2) is 9.97 Å². The third-order valence-corrected chi connectivity index (χ3v) is 6.76. The van der Waals surface area contributed by atoms with Crippen molar-refractivity contribution in [2.75, 3.05) is 0 Å². The van der Waals surface area contributed by atoms with Gasteiger partial charge in [-0.2, -0.15) is 0 Å². The second-order valence-corrected chi connectivity index (χ2v) is 8.59. The van der Waals surface area contributed by atoms with Gasteiger partial charge in [-0.25, -0.2) is 15.0 Å². The van der Waals surface area contributed by atoms with Crippen molar-refractivity contribution in [2.24, 2.45) is 4.99 Å². The molecule has 7 rings (SSSR count). The van der Waals surface area contributed by atoms with Crippen LogP contribution < -0.4 is 10.6 Å². The fourth-order valence-electron chi connectivity index (χ4n) is 4.79. The van der Waals surface area contributed by atoms with E-state index in [-0.39, 0.29) is 0 Å². The van der Waals surface area contributed by atoms with Crippen LogP contribution in [0.1, 0.15) is 5.56 Å². The first-order valence-electron chi connectivity index (χ1n) is 9.98. The topological polar surface area (TPSA) is 38.1 Å². The molecule has 1 aromatic heterocycles. The van der Waals surface area contributed by atoms with Crippen LogP contribution in [0.25, 0.3) is 50.0 Å². The Morgan fingerprint density at radius 1 is 0.767 bits per heavy atom. The fraction of sp³-hybridized carbons (Fsp3) is 0.0385. The van der Waals surface area contributed by atoms with Gasteiger partial charge < -0.3 is 0 Å². The van der Waals surface area contributed by atoms with Crippen LogP contribution in [-0.2, 0) is 6.42 Å². The van der Waals surface area contributed by atoms with Gasteiger partial charge in [-0.3, -0.25) is 0 Å². The Balaban J connectivity index is 1.72. The molecule has 2 aliphatic rings. The SMILES string of the molecule is Brc1cccc2c1-c1c(ccc3nc4c5c(c6ccccc6c4nc13)=CC=CC5)=N2. The minimum Gasteiger partial charge on any atom is -0.248 e. The summed E-state index contributed by atoms with van der Waals surface area (Å²) in [6, 6.07) is 18.8. The maximum Gasteiger partial charge on any atom is 0.0996 e. The standard InChI is InChI=1S/C26H14BrN3/c27-18-10-5-11-19-22(18)23-20(28-19)12-13-21-26(23)30-25-17-9-4-2-7-15(17)14-6-1-3-8-16(14)24(25)29-21/h1-7,9-13H,8H2. The van der Waals surface area contributed by atoms with Gasteiger partial charge in [0.15, 0.2) is 0 Å². The largest absolute Gasteiger partial charge is 0.248 e. The highest BCUT2D eigenvalue weighted by molar-refractivity contribution is 9.10. The summed E-state index contributed by atoms with van der Waals surface area (Å²) in [7, 11) is 0. The lowest BCUT2D eigenvalue weighted by atomic mass is 9.95. The van der Waals surface area contributed by atoms with Gasteiger partial charge in [-0.15, -0.1) is 0 Å². The molecule has 0 bridgehead atoms. The van der Waals surface area contributed by atoms with Gasteiger partial charge in [0.05, 0.1) is 33.1 Å². The lowest BCUT2D eigenvalue weighted by molar-refractivity contribution is 1.24. The summed E-state index contributed by atoms with van der Waals surface area (Å²) in [6.07, 6.45) is 7.40. The number of hydrogen-bond donors (Lipinski definition) is 0. The van der Waals surface area contributed by atoms with Crippen molar-refractivity contribution in [3.8, 4) is 11.1 Å². The number of halogens is 1. The molecule has 0 saturated heterocycles. The molecule has 4 aromatic carbocycles. The maximum atomic E-state index is 5.24. The van der Waals surface area contributed by atoms with Crippen molar-refractivity contribution in [1.82, 2.24) is 9.97 Å². The van der Waals surface area contributed by atoms with E-state index in [2.05, 4.69) is 70.6 Å². The molecule has 5 aromatic rings. The monoisotopic (exact) mass is 447 g/mol. The summed E-state index contributed by atoms with van der Waals surface area (Å²) in [4.78, 5) is 15.2. The Bertz CT molecular complexity index is 1730. The molecule has 2 heterocycles. The molecule has 140 valence electrons. The molecule has 1 aliphatic heterocycles. The lowest BCUT2D eigenvalue weighted by Crippen LogP contribution is -2.15. The van der Waals surface area contributed by atoms with E-state index in [0.717, 1.165) is 60.5 Å². The lowest BCUT2D eigenvalue weighted by Gasteiger charge is -2.14. The number of fused-ring (bicyclic) bond motifs is 11. The van der Waals surface area contributed by atoms with Gasteiger partial charge in [0, 0.05) is 21.0 Å². The first-order valence-corrected chi connectivity index (χ1v) is 10.8. The van der Waals surface area contributed by atoms with Crippen molar-refractivity contribution in [3.05, 3.63) is 87.4 Å². The molecule has 0 unspecified atom stereocenters. The molecule has 30 heavy (non-hydrogen) atoms. The minimum absolute atomic E-state index is 0.877. The van der Waals surface area contributed by atoms with E-state index in [4.69, 9.17) is 15.0 Å². The van der Waals surface area contributed by atoms with Crippen molar-refractivity contribution in [3.63, 3.8) is 0 Å². The van der Waals surface area contributed by atoms with Crippen LogP contribution in [0, 0.1) is 0 Å². The second-order valence-electron chi connectivity index (χ2n) is 7.73. The Morgan fingerprint density at radius 2 is 1.67 bits per heavy atom.